The monoisotopic (exact) mass is 471 g/mol. The van der Waals surface area contributed by atoms with Crippen LogP contribution < -0.4 is 10.5 Å². The number of fused-ring (bicyclic) bond motifs is 2. The topological polar surface area (TPSA) is 86.3 Å². The average Bonchev–Trinajstić information content (AvgIpc) is 3.37. The molecular weight excluding hydrogens is 446 g/mol. The number of nitrogens with zero attached hydrogens (tertiary/aromatic N) is 4. The number of piperidine rings is 1. The lowest BCUT2D eigenvalue weighted by atomic mass is 9.93. The average molecular weight is 472 g/mol. The van der Waals surface area contributed by atoms with Gasteiger partial charge in [-0.3, -0.25) is 4.79 Å². The van der Waals surface area contributed by atoms with Gasteiger partial charge in [0.25, 0.3) is 0 Å². The first-order chi connectivity index (χ1) is 15.5. The Balaban J connectivity index is 1.40. The van der Waals surface area contributed by atoms with Crippen molar-refractivity contribution in [3.8, 4) is 5.75 Å². The number of anilines is 1. The van der Waals surface area contributed by atoms with Gasteiger partial charge in [0.15, 0.2) is 11.0 Å². The number of aryl methyl sites for hydroxylation is 1. The Kier molecular flexibility index (Phi) is 5.90. The molecule has 168 valence electrons. The summed E-state index contributed by atoms with van der Waals surface area (Å²) in [5, 5.41) is 1.56. The molecule has 7 nitrogen and oxygen atoms in total. The molecule has 1 saturated heterocycles. The van der Waals surface area contributed by atoms with Gasteiger partial charge in [0.05, 0.1) is 17.1 Å². The summed E-state index contributed by atoms with van der Waals surface area (Å²) in [4.78, 5) is 23.5. The molecule has 0 saturated carbocycles. The summed E-state index contributed by atoms with van der Waals surface area (Å²) in [6.45, 7) is 4.85. The van der Waals surface area contributed by atoms with Crippen molar-refractivity contribution in [1.29, 1.82) is 0 Å². The number of halogens is 1. The molecule has 32 heavy (non-hydrogen) atoms. The third-order valence-electron chi connectivity index (χ3n) is 6.43. The highest BCUT2D eigenvalue weighted by atomic mass is 35.5. The van der Waals surface area contributed by atoms with Crippen LogP contribution in [0, 0.1) is 5.92 Å². The standard InChI is InChI=1S/C23H26ClN5O2S/c1-14(30)28-8-3-15(4-9-28)5-10-29-18-2-7-26-22(25)21(18)27-23(29)32-20-13-19-16(6-11-31-19)12-17(20)24/h2,7,12-13,15H,3-6,8-11H2,1H3,(H2,25,26). The second-order valence-electron chi connectivity index (χ2n) is 8.44. The molecule has 4 heterocycles. The number of ether oxygens (including phenoxy) is 1. The van der Waals surface area contributed by atoms with Crippen LogP contribution >= 0.6 is 23.4 Å². The van der Waals surface area contributed by atoms with Gasteiger partial charge in [-0.2, -0.15) is 0 Å². The smallest absolute Gasteiger partial charge is 0.219 e. The third-order valence-corrected chi connectivity index (χ3v) is 7.90. The predicted molar refractivity (Wildman–Crippen MR) is 126 cm³/mol. The molecule has 0 bridgehead atoms. The number of likely N-dealkylation sites (tertiary alicyclic amines) is 1. The minimum atomic E-state index is 0.168. The molecular formula is C23H26ClN5O2S. The van der Waals surface area contributed by atoms with Gasteiger partial charge < -0.3 is 19.9 Å². The highest BCUT2D eigenvalue weighted by Gasteiger charge is 2.23. The number of hydrogen-bond donors (Lipinski definition) is 1. The number of nitrogens with two attached hydrogens (primary N) is 1. The van der Waals surface area contributed by atoms with Crippen LogP contribution in [0.25, 0.3) is 11.0 Å². The molecule has 0 atom stereocenters. The largest absolute Gasteiger partial charge is 0.493 e. The number of imidazole rings is 1. The summed E-state index contributed by atoms with van der Waals surface area (Å²) in [5.41, 5.74) is 8.99. The van der Waals surface area contributed by atoms with E-state index in [2.05, 4.69) is 9.55 Å². The van der Waals surface area contributed by atoms with Gasteiger partial charge in [0, 0.05) is 44.1 Å². The second kappa shape index (κ2) is 8.83. The maximum absolute atomic E-state index is 11.6. The molecule has 2 aromatic heterocycles. The summed E-state index contributed by atoms with van der Waals surface area (Å²) in [6, 6.07) is 5.98. The minimum absolute atomic E-state index is 0.168. The fraction of sp³-hybridized carbons (Fsp3) is 0.435. The van der Waals surface area contributed by atoms with Crippen molar-refractivity contribution in [3.63, 3.8) is 0 Å². The van der Waals surface area contributed by atoms with E-state index in [-0.39, 0.29) is 5.91 Å². The zero-order valence-corrected chi connectivity index (χ0v) is 19.6. The molecule has 3 aromatic rings. The first kappa shape index (κ1) is 21.4. The Bertz CT molecular complexity index is 1170. The molecule has 2 N–H and O–H groups in total. The van der Waals surface area contributed by atoms with E-state index in [1.807, 2.05) is 23.1 Å². The summed E-state index contributed by atoms with van der Waals surface area (Å²) >= 11 is 8.13. The van der Waals surface area contributed by atoms with Gasteiger partial charge in [-0.1, -0.05) is 11.6 Å². The van der Waals surface area contributed by atoms with Gasteiger partial charge in [-0.25, -0.2) is 9.97 Å². The molecule has 1 fully saturated rings. The van der Waals surface area contributed by atoms with Gasteiger partial charge in [0.1, 0.15) is 11.3 Å². The van der Waals surface area contributed by atoms with E-state index in [9.17, 15) is 4.79 Å². The van der Waals surface area contributed by atoms with Crippen molar-refractivity contribution in [2.45, 2.75) is 49.2 Å². The number of aromatic nitrogens is 3. The molecule has 5 rings (SSSR count). The molecule has 0 unspecified atom stereocenters. The summed E-state index contributed by atoms with van der Waals surface area (Å²) in [5.74, 6) is 2.08. The minimum Gasteiger partial charge on any atom is -0.493 e. The van der Waals surface area contributed by atoms with E-state index in [1.54, 1.807) is 13.1 Å². The van der Waals surface area contributed by atoms with Crippen LogP contribution in [0.1, 0.15) is 31.7 Å². The van der Waals surface area contributed by atoms with Crippen LogP contribution in [0.5, 0.6) is 5.75 Å². The van der Waals surface area contributed by atoms with E-state index in [4.69, 9.17) is 27.1 Å². The van der Waals surface area contributed by atoms with Crippen LogP contribution in [0.15, 0.2) is 34.4 Å². The Labute approximate surface area is 196 Å². The van der Waals surface area contributed by atoms with Crippen molar-refractivity contribution in [2.75, 3.05) is 25.4 Å². The molecule has 0 radical (unpaired) electrons. The molecule has 9 heteroatoms. The second-order valence-corrected chi connectivity index (χ2v) is 9.86. The van der Waals surface area contributed by atoms with E-state index < -0.39 is 0 Å². The van der Waals surface area contributed by atoms with Gasteiger partial charge in [-0.15, -0.1) is 0 Å². The lowest BCUT2D eigenvalue weighted by molar-refractivity contribution is -0.130. The first-order valence-electron chi connectivity index (χ1n) is 11.0. The number of carbonyl (C=O) groups is 1. The first-order valence-corrected chi connectivity index (χ1v) is 12.2. The Morgan fingerprint density at radius 3 is 2.94 bits per heavy atom. The molecule has 2 aliphatic heterocycles. The van der Waals surface area contributed by atoms with Crippen molar-refractivity contribution >= 4 is 46.1 Å². The van der Waals surface area contributed by atoms with Crippen LogP contribution in [-0.2, 0) is 17.8 Å². The maximum atomic E-state index is 11.6. The van der Waals surface area contributed by atoms with E-state index in [0.29, 0.717) is 23.4 Å². The number of pyridine rings is 1. The lowest BCUT2D eigenvalue weighted by Crippen LogP contribution is -2.37. The normalized spacial score (nSPS) is 16.4. The summed E-state index contributed by atoms with van der Waals surface area (Å²) in [6.07, 6.45) is 5.71. The number of amides is 1. The summed E-state index contributed by atoms with van der Waals surface area (Å²) in [7, 11) is 0. The lowest BCUT2D eigenvalue weighted by Gasteiger charge is -2.31. The quantitative estimate of drug-likeness (QED) is 0.593. The fourth-order valence-electron chi connectivity index (χ4n) is 4.55. The highest BCUT2D eigenvalue weighted by molar-refractivity contribution is 7.99. The Morgan fingerprint density at radius 2 is 2.16 bits per heavy atom. The number of nitrogen functional groups attached to an aromatic ring is 1. The number of rotatable bonds is 5. The van der Waals surface area contributed by atoms with Gasteiger partial charge in [-0.05, 0) is 60.7 Å². The number of benzene rings is 1. The van der Waals surface area contributed by atoms with E-state index in [1.165, 1.54) is 11.8 Å². The van der Waals surface area contributed by atoms with E-state index in [0.717, 1.165) is 77.7 Å². The van der Waals surface area contributed by atoms with Crippen molar-refractivity contribution < 1.29 is 9.53 Å². The zero-order chi connectivity index (χ0) is 22.2. The molecule has 0 aliphatic carbocycles. The highest BCUT2D eigenvalue weighted by Crippen LogP contribution is 2.40. The fourth-order valence-corrected chi connectivity index (χ4v) is 5.80. The Hall–Kier alpha value is -2.45. The Morgan fingerprint density at radius 1 is 1.34 bits per heavy atom. The molecule has 1 amide bonds. The van der Waals surface area contributed by atoms with Crippen LogP contribution in [0.2, 0.25) is 5.02 Å². The van der Waals surface area contributed by atoms with E-state index >= 15 is 0 Å². The molecule has 0 spiro atoms. The number of hydrogen-bond acceptors (Lipinski definition) is 6. The predicted octanol–water partition coefficient (Wildman–Crippen LogP) is 4.40. The van der Waals surface area contributed by atoms with Crippen LogP contribution in [-0.4, -0.2) is 45.0 Å². The van der Waals surface area contributed by atoms with Crippen molar-refractivity contribution in [2.24, 2.45) is 5.92 Å². The van der Waals surface area contributed by atoms with Crippen LogP contribution in [0.3, 0.4) is 0 Å². The maximum Gasteiger partial charge on any atom is 0.219 e. The zero-order valence-electron chi connectivity index (χ0n) is 18.0. The van der Waals surface area contributed by atoms with Gasteiger partial charge in [0.2, 0.25) is 5.91 Å². The molecule has 2 aliphatic rings. The summed E-state index contributed by atoms with van der Waals surface area (Å²) < 4.78 is 7.96. The van der Waals surface area contributed by atoms with Crippen molar-refractivity contribution in [1.82, 2.24) is 19.4 Å². The SMILES string of the molecule is CC(=O)N1CCC(CCn2c(Sc3cc4c(cc3Cl)CCO4)nc3c(N)nccc32)CC1. The van der Waals surface area contributed by atoms with Crippen molar-refractivity contribution in [3.05, 3.63) is 35.0 Å². The van der Waals surface area contributed by atoms with Gasteiger partial charge >= 0.3 is 0 Å². The number of carbonyl (C=O) groups excluding carboxylic acids is 1. The third kappa shape index (κ3) is 4.13. The van der Waals surface area contributed by atoms with Crippen LogP contribution in [0.4, 0.5) is 5.82 Å². The molecule has 1 aromatic carbocycles.